The molecule has 18 heavy (non-hydrogen) atoms. The number of nitrogens with zero attached hydrogens (tertiary/aromatic N) is 2. The van der Waals surface area contributed by atoms with Gasteiger partial charge in [-0.15, -0.1) is 0 Å². The first-order chi connectivity index (χ1) is 8.54. The Morgan fingerprint density at radius 1 is 1.44 bits per heavy atom. The fraction of sp³-hybridized carbons (Fsp3) is 0.308. The number of nitrogens with two attached hydrogens (primary N) is 1. The predicted octanol–water partition coefficient (Wildman–Crippen LogP) is 2.95. The van der Waals surface area contributed by atoms with Crippen molar-refractivity contribution in [3.63, 3.8) is 0 Å². The summed E-state index contributed by atoms with van der Waals surface area (Å²) in [5.74, 6) is -0.267. The van der Waals surface area contributed by atoms with E-state index < -0.39 is 0 Å². The number of halogens is 2. The molecule has 0 aliphatic carbocycles. The van der Waals surface area contributed by atoms with E-state index in [-0.39, 0.29) is 11.9 Å². The van der Waals surface area contributed by atoms with Crippen LogP contribution in [0.5, 0.6) is 0 Å². The first kappa shape index (κ1) is 13.2. The van der Waals surface area contributed by atoms with E-state index in [1.807, 2.05) is 25.5 Å². The van der Waals surface area contributed by atoms with Crippen LogP contribution >= 0.6 is 15.9 Å². The van der Waals surface area contributed by atoms with Gasteiger partial charge in [-0.3, -0.25) is 4.68 Å². The van der Waals surface area contributed by atoms with Crippen LogP contribution in [0.2, 0.25) is 0 Å². The van der Waals surface area contributed by atoms with Crippen LogP contribution in [0.1, 0.15) is 23.6 Å². The van der Waals surface area contributed by atoms with E-state index in [1.54, 1.807) is 4.68 Å². The van der Waals surface area contributed by atoms with Crippen LogP contribution in [0.15, 0.2) is 35.1 Å². The van der Waals surface area contributed by atoms with Gasteiger partial charge < -0.3 is 5.73 Å². The molecule has 0 saturated carbocycles. The van der Waals surface area contributed by atoms with E-state index >= 15 is 0 Å². The zero-order valence-electron chi connectivity index (χ0n) is 10.1. The molecular formula is C13H15BrFN3. The van der Waals surface area contributed by atoms with Gasteiger partial charge in [0, 0.05) is 23.8 Å². The van der Waals surface area contributed by atoms with Crippen molar-refractivity contribution in [2.45, 2.75) is 18.9 Å². The maximum absolute atomic E-state index is 13.3. The summed E-state index contributed by atoms with van der Waals surface area (Å²) in [5.41, 5.74) is 8.03. The van der Waals surface area contributed by atoms with Crippen LogP contribution in [0.3, 0.4) is 0 Å². The molecule has 1 aromatic heterocycles. The Labute approximate surface area is 114 Å². The van der Waals surface area contributed by atoms with Crippen molar-refractivity contribution in [2.24, 2.45) is 12.8 Å². The monoisotopic (exact) mass is 311 g/mol. The highest BCUT2D eigenvalue weighted by Crippen LogP contribution is 2.22. The third kappa shape index (κ3) is 3.40. The summed E-state index contributed by atoms with van der Waals surface area (Å²) in [7, 11) is 1.88. The number of benzene rings is 1. The average Bonchev–Trinajstić information content (AvgIpc) is 2.70. The van der Waals surface area contributed by atoms with Crippen molar-refractivity contribution < 1.29 is 4.39 Å². The molecule has 1 heterocycles. The molecule has 0 amide bonds. The van der Waals surface area contributed by atoms with Gasteiger partial charge >= 0.3 is 0 Å². The Hall–Kier alpha value is -1.20. The zero-order valence-corrected chi connectivity index (χ0v) is 11.7. The third-order valence-corrected chi connectivity index (χ3v) is 3.27. The Morgan fingerprint density at radius 2 is 2.22 bits per heavy atom. The van der Waals surface area contributed by atoms with E-state index in [0.717, 1.165) is 24.0 Å². The second-order valence-electron chi connectivity index (χ2n) is 4.37. The van der Waals surface area contributed by atoms with Crippen LogP contribution in [0, 0.1) is 5.82 Å². The minimum Gasteiger partial charge on any atom is -0.324 e. The molecule has 2 rings (SSSR count). The summed E-state index contributed by atoms with van der Waals surface area (Å²) >= 11 is 3.27. The Kier molecular flexibility index (Phi) is 4.14. The van der Waals surface area contributed by atoms with Crippen LogP contribution in [-0.4, -0.2) is 9.78 Å². The number of hydrogen-bond donors (Lipinski definition) is 1. The number of aryl methyl sites for hydroxylation is 2. The molecule has 0 bridgehead atoms. The van der Waals surface area contributed by atoms with E-state index in [4.69, 9.17) is 5.73 Å². The molecule has 1 unspecified atom stereocenters. The normalized spacial score (nSPS) is 12.7. The smallest absolute Gasteiger partial charge is 0.124 e. The molecule has 0 aliphatic heterocycles. The van der Waals surface area contributed by atoms with Crippen molar-refractivity contribution in [2.75, 3.05) is 0 Å². The minimum atomic E-state index is -0.267. The van der Waals surface area contributed by atoms with Gasteiger partial charge in [0.25, 0.3) is 0 Å². The SMILES string of the molecule is Cn1cc(CCC(N)c2cc(F)cc(Br)c2)cn1. The minimum absolute atomic E-state index is 0.169. The zero-order chi connectivity index (χ0) is 13.1. The number of hydrogen-bond acceptors (Lipinski definition) is 2. The van der Waals surface area contributed by atoms with Gasteiger partial charge in [-0.05, 0) is 42.2 Å². The fourth-order valence-electron chi connectivity index (χ4n) is 1.88. The molecular weight excluding hydrogens is 297 g/mol. The highest BCUT2D eigenvalue weighted by atomic mass is 79.9. The van der Waals surface area contributed by atoms with Gasteiger partial charge in [0.1, 0.15) is 5.82 Å². The molecule has 96 valence electrons. The summed E-state index contributed by atoms with van der Waals surface area (Å²) in [4.78, 5) is 0. The highest BCUT2D eigenvalue weighted by Gasteiger charge is 2.09. The second-order valence-corrected chi connectivity index (χ2v) is 5.29. The Bertz CT molecular complexity index is 519. The van der Waals surface area contributed by atoms with E-state index in [1.165, 1.54) is 12.1 Å². The average molecular weight is 312 g/mol. The standard InChI is InChI=1S/C13H15BrFN3/c1-18-8-9(7-17-18)2-3-13(16)10-4-11(14)6-12(15)5-10/h4-8,13H,2-3,16H2,1H3. The molecule has 0 radical (unpaired) electrons. The van der Waals surface area contributed by atoms with Crippen LogP contribution in [0.25, 0.3) is 0 Å². The van der Waals surface area contributed by atoms with Crippen LogP contribution in [-0.2, 0) is 13.5 Å². The molecule has 3 nitrogen and oxygen atoms in total. The van der Waals surface area contributed by atoms with Crippen molar-refractivity contribution in [1.29, 1.82) is 0 Å². The Morgan fingerprint density at radius 3 is 2.83 bits per heavy atom. The summed E-state index contributed by atoms with van der Waals surface area (Å²) < 4.78 is 15.7. The van der Waals surface area contributed by atoms with Gasteiger partial charge in [-0.25, -0.2) is 4.39 Å². The van der Waals surface area contributed by atoms with Crippen LogP contribution < -0.4 is 5.73 Å². The summed E-state index contributed by atoms with van der Waals surface area (Å²) in [6.07, 6.45) is 5.40. The quantitative estimate of drug-likeness (QED) is 0.943. The predicted molar refractivity (Wildman–Crippen MR) is 72.6 cm³/mol. The third-order valence-electron chi connectivity index (χ3n) is 2.82. The van der Waals surface area contributed by atoms with Gasteiger partial charge in [0.15, 0.2) is 0 Å². The number of rotatable bonds is 4. The van der Waals surface area contributed by atoms with Crippen molar-refractivity contribution >= 4 is 15.9 Å². The maximum Gasteiger partial charge on any atom is 0.124 e. The van der Waals surface area contributed by atoms with E-state index in [0.29, 0.717) is 4.47 Å². The lowest BCUT2D eigenvalue weighted by atomic mass is 10.0. The molecule has 0 spiro atoms. The highest BCUT2D eigenvalue weighted by molar-refractivity contribution is 9.10. The van der Waals surface area contributed by atoms with Crippen LogP contribution in [0.4, 0.5) is 4.39 Å². The molecule has 1 atom stereocenters. The maximum atomic E-state index is 13.3. The second kappa shape index (κ2) is 5.63. The lowest BCUT2D eigenvalue weighted by Crippen LogP contribution is -2.11. The van der Waals surface area contributed by atoms with E-state index in [2.05, 4.69) is 21.0 Å². The largest absolute Gasteiger partial charge is 0.324 e. The molecule has 0 fully saturated rings. The Balaban J connectivity index is 2.01. The first-order valence-corrected chi connectivity index (χ1v) is 6.53. The van der Waals surface area contributed by atoms with E-state index in [9.17, 15) is 4.39 Å². The first-order valence-electron chi connectivity index (χ1n) is 5.73. The van der Waals surface area contributed by atoms with Gasteiger partial charge in [-0.2, -0.15) is 5.10 Å². The molecule has 2 aromatic rings. The number of aromatic nitrogens is 2. The molecule has 1 aromatic carbocycles. The van der Waals surface area contributed by atoms with Crippen molar-refractivity contribution in [1.82, 2.24) is 9.78 Å². The van der Waals surface area contributed by atoms with Gasteiger partial charge in [0.05, 0.1) is 6.20 Å². The summed E-state index contributed by atoms with van der Waals surface area (Å²) in [6, 6.07) is 4.60. The molecule has 2 N–H and O–H groups in total. The van der Waals surface area contributed by atoms with Gasteiger partial charge in [0.2, 0.25) is 0 Å². The molecule has 5 heteroatoms. The molecule has 0 aliphatic rings. The summed E-state index contributed by atoms with van der Waals surface area (Å²) in [5, 5.41) is 4.10. The van der Waals surface area contributed by atoms with Crippen molar-refractivity contribution in [3.05, 3.63) is 52.0 Å². The molecule has 0 saturated heterocycles. The lowest BCUT2D eigenvalue weighted by Gasteiger charge is -2.12. The van der Waals surface area contributed by atoms with Gasteiger partial charge in [-0.1, -0.05) is 15.9 Å². The summed E-state index contributed by atoms with van der Waals surface area (Å²) in [6.45, 7) is 0. The topological polar surface area (TPSA) is 43.8 Å². The fourth-order valence-corrected chi connectivity index (χ4v) is 2.36. The lowest BCUT2D eigenvalue weighted by molar-refractivity contribution is 0.608. The van der Waals surface area contributed by atoms with Crippen molar-refractivity contribution in [3.8, 4) is 0 Å².